The second-order valence-corrected chi connectivity index (χ2v) is 11.9. The molecule has 4 aromatic carbocycles. The number of hydrogen-bond donors (Lipinski definition) is 1. The van der Waals surface area contributed by atoms with Gasteiger partial charge < -0.3 is 9.52 Å². The van der Waals surface area contributed by atoms with Crippen LogP contribution < -0.4 is 0 Å². The molecule has 4 heteroatoms. The standard InChI is InChI=1S/C37H34N2O2/c1-22-15-23(2)34(24(3)16-22)27-18-25(17-26(19-27)31-12-9-10-14-38-31)30-20-28(37(4,5)6)21-33-35(30)39-36(41-33)29-11-7-8-13-32(29)40/h7-21,40H,1-6H3. The predicted octanol–water partition coefficient (Wildman–Crippen LogP) is 9.82. The molecule has 0 radical (unpaired) electrons. The van der Waals surface area contributed by atoms with E-state index >= 15 is 0 Å². The van der Waals surface area contributed by atoms with Crippen molar-refractivity contribution in [2.45, 2.75) is 47.0 Å². The molecule has 41 heavy (non-hydrogen) atoms. The normalized spacial score (nSPS) is 11.8. The molecule has 0 fully saturated rings. The molecule has 0 spiro atoms. The molecule has 0 amide bonds. The van der Waals surface area contributed by atoms with Gasteiger partial charge in [0.2, 0.25) is 5.89 Å². The summed E-state index contributed by atoms with van der Waals surface area (Å²) in [6.45, 7) is 13.1. The molecule has 1 N–H and O–H groups in total. The summed E-state index contributed by atoms with van der Waals surface area (Å²) in [6, 6.07) is 28.6. The topological polar surface area (TPSA) is 59.2 Å². The zero-order valence-electron chi connectivity index (χ0n) is 24.4. The molecule has 204 valence electrons. The molecule has 0 unspecified atom stereocenters. The van der Waals surface area contributed by atoms with Gasteiger partial charge >= 0.3 is 0 Å². The van der Waals surface area contributed by atoms with E-state index in [1.807, 2.05) is 36.5 Å². The number of aromatic nitrogens is 2. The maximum Gasteiger partial charge on any atom is 0.231 e. The van der Waals surface area contributed by atoms with E-state index in [1.54, 1.807) is 12.1 Å². The Balaban J connectivity index is 1.67. The molecule has 6 aromatic rings. The van der Waals surface area contributed by atoms with Crippen LogP contribution >= 0.6 is 0 Å². The number of rotatable bonds is 4. The number of oxazole rings is 1. The molecular formula is C37H34N2O2. The van der Waals surface area contributed by atoms with Gasteiger partial charge in [0.1, 0.15) is 11.3 Å². The summed E-state index contributed by atoms with van der Waals surface area (Å²) in [4.78, 5) is 9.64. The first kappa shape index (κ1) is 26.5. The molecule has 0 aliphatic rings. The maximum absolute atomic E-state index is 10.5. The van der Waals surface area contributed by atoms with Crippen LogP contribution in [0.3, 0.4) is 0 Å². The predicted molar refractivity (Wildman–Crippen MR) is 168 cm³/mol. The molecule has 4 nitrogen and oxygen atoms in total. The van der Waals surface area contributed by atoms with Gasteiger partial charge in [-0.2, -0.15) is 0 Å². The van der Waals surface area contributed by atoms with Crippen molar-refractivity contribution < 1.29 is 9.52 Å². The van der Waals surface area contributed by atoms with Crippen LogP contribution in [0.1, 0.15) is 43.0 Å². The van der Waals surface area contributed by atoms with Crippen molar-refractivity contribution in [1.29, 1.82) is 0 Å². The van der Waals surface area contributed by atoms with Crippen LogP contribution in [0, 0.1) is 20.8 Å². The lowest BCUT2D eigenvalue weighted by Gasteiger charge is -2.20. The summed E-state index contributed by atoms with van der Waals surface area (Å²) in [5.74, 6) is 0.540. The third-order valence-electron chi connectivity index (χ3n) is 7.67. The molecule has 0 saturated carbocycles. The van der Waals surface area contributed by atoms with E-state index in [0.29, 0.717) is 17.0 Å². The lowest BCUT2D eigenvalue weighted by molar-refractivity contribution is 0.474. The first-order chi connectivity index (χ1) is 19.6. The van der Waals surface area contributed by atoms with Gasteiger partial charge in [0, 0.05) is 17.3 Å². The number of hydrogen-bond acceptors (Lipinski definition) is 4. The lowest BCUT2D eigenvalue weighted by atomic mass is 9.84. The highest BCUT2D eigenvalue weighted by atomic mass is 16.3. The fraction of sp³-hybridized carbons (Fsp3) is 0.189. The van der Waals surface area contributed by atoms with Gasteiger partial charge in [0.25, 0.3) is 0 Å². The Morgan fingerprint density at radius 2 is 1.39 bits per heavy atom. The number of nitrogens with zero attached hydrogens (tertiary/aromatic N) is 2. The van der Waals surface area contributed by atoms with Crippen LogP contribution in [0.4, 0.5) is 0 Å². The summed E-state index contributed by atoms with van der Waals surface area (Å²) in [6.07, 6.45) is 1.83. The number of aryl methyl sites for hydroxylation is 3. The molecule has 2 heterocycles. The number of fused-ring (bicyclic) bond motifs is 1. The van der Waals surface area contributed by atoms with Crippen molar-refractivity contribution in [3.63, 3.8) is 0 Å². The fourth-order valence-electron chi connectivity index (χ4n) is 5.70. The zero-order valence-corrected chi connectivity index (χ0v) is 24.4. The minimum Gasteiger partial charge on any atom is -0.507 e. The SMILES string of the molecule is Cc1cc(C)c(-c2cc(-c3ccccn3)cc(-c3cc(C(C)(C)C)cc4oc(-c5ccccc5O)nc34)c2)c(C)c1. The number of phenols is 1. The summed E-state index contributed by atoms with van der Waals surface area (Å²) in [5.41, 5.74) is 13.1. The van der Waals surface area contributed by atoms with E-state index in [2.05, 4.69) is 89.0 Å². The van der Waals surface area contributed by atoms with E-state index in [4.69, 9.17) is 9.40 Å². The van der Waals surface area contributed by atoms with E-state index < -0.39 is 0 Å². The van der Waals surface area contributed by atoms with Crippen molar-refractivity contribution in [2.75, 3.05) is 0 Å². The van der Waals surface area contributed by atoms with Crippen molar-refractivity contribution in [3.8, 4) is 50.7 Å². The first-order valence-electron chi connectivity index (χ1n) is 14.0. The summed E-state index contributed by atoms with van der Waals surface area (Å²) in [7, 11) is 0. The van der Waals surface area contributed by atoms with Gasteiger partial charge in [-0.1, -0.05) is 56.7 Å². The number of aromatic hydroxyl groups is 1. The van der Waals surface area contributed by atoms with Crippen molar-refractivity contribution in [3.05, 3.63) is 113 Å². The Labute approximate surface area is 241 Å². The smallest absolute Gasteiger partial charge is 0.231 e. The molecule has 0 bridgehead atoms. The highest BCUT2D eigenvalue weighted by molar-refractivity contribution is 5.95. The molecular weight excluding hydrogens is 504 g/mol. The van der Waals surface area contributed by atoms with Crippen LogP contribution in [-0.2, 0) is 5.41 Å². The second-order valence-electron chi connectivity index (χ2n) is 11.9. The van der Waals surface area contributed by atoms with Crippen LogP contribution in [0.2, 0.25) is 0 Å². The minimum absolute atomic E-state index is 0.115. The summed E-state index contributed by atoms with van der Waals surface area (Å²) in [5, 5.41) is 10.5. The van der Waals surface area contributed by atoms with Gasteiger partial charge in [-0.15, -0.1) is 0 Å². The third kappa shape index (κ3) is 5.02. The number of pyridine rings is 1. The van der Waals surface area contributed by atoms with E-state index in [1.165, 1.54) is 22.3 Å². The van der Waals surface area contributed by atoms with Crippen molar-refractivity contribution in [1.82, 2.24) is 9.97 Å². The van der Waals surface area contributed by atoms with E-state index in [9.17, 15) is 5.11 Å². The Bertz CT molecular complexity index is 1890. The third-order valence-corrected chi connectivity index (χ3v) is 7.67. The van der Waals surface area contributed by atoms with Gasteiger partial charge in [-0.25, -0.2) is 4.98 Å². The number of para-hydroxylation sites is 1. The Hall–Kier alpha value is -4.70. The molecule has 0 aliphatic heterocycles. The molecule has 0 atom stereocenters. The van der Waals surface area contributed by atoms with Crippen LogP contribution in [0.25, 0.3) is 56.1 Å². The Morgan fingerprint density at radius 1 is 0.707 bits per heavy atom. The molecule has 0 saturated heterocycles. The van der Waals surface area contributed by atoms with Gasteiger partial charge in [-0.05, 0) is 114 Å². The van der Waals surface area contributed by atoms with E-state index in [-0.39, 0.29) is 11.2 Å². The minimum atomic E-state index is -0.115. The average molecular weight is 539 g/mol. The second kappa shape index (κ2) is 10.0. The largest absolute Gasteiger partial charge is 0.507 e. The Kier molecular flexibility index (Phi) is 6.50. The lowest BCUT2D eigenvalue weighted by Crippen LogP contribution is -2.11. The van der Waals surface area contributed by atoms with Crippen LogP contribution in [0.5, 0.6) is 5.75 Å². The van der Waals surface area contributed by atoms with Crippen LogP contribution in [-0.4, -0.2) is 15.1 Å². The van der Waals surface area contributed by atoms with E-state index in [0.717, 1.165) is 39.0 Å². The maximum atomic E-state index is 10.5. The van der Waals surface area contributed by atoms with Gasteiger partial charge in [0.05, 0.1) is 11.3 Å². The monoisotopic (exact) mass is 538 g/mol. The fourth-order valence-corrected chi connectivity index (χ4v) is 5.70. The Morgan fingerprint density at radius 3 is 2.07 bits per heavy atom. The quantitative estimate of drug-likeness (QED) is 0.243. The van der Waals surface area contributed by atoms with Gasteiger partial charge in [0.15, 0.2) is 5.58 Å². The zero-order chi connectivity index (χ0) is 28.9. The van der Waals surface area contributed by atoms with Crippen molar-refractivity contribution in [2.24, 2.45) is 0 Å². The van der Waals surface area contributed by atoms with Gasteiger partial charge in [-0.3, -0.25) is 4.98 Å². The number of phenolic OH excluding ortho intramolecular Hbond substituents is 1. The number of benzene rings is 4. The van der Waals surface area contributed by atoms with Crippen LogP contribution in [0.15, 0.2) is 95.5 Å². The molecule has 6 rings (SSSR count). The van der Waals surface area contributed by atoms with Crippen molar-refractivity contribution >= 4 is 11.1 Å². The average Bonchev–Trinajstić information content (AvgIpc) is 3.36. The molecule has 0 aliphatic carbocycles. The first-order valence-corrected chi connectivity index (χ1v) is 14.0. The summed E-state index contributed by atoms with van der Waals surface area (Å²) < 4.78 is 6.33. The summed E-state index contributed by atoms with van der Waals surface area (Å²) >= 11 is 0. The highest BCUT2D eigenvalue weighted by Gasteiger charge is 2.22. The molecule has 2 aromatic heterocycles. The highest BCUT2D eigenvalue weighted by Crippen LogP contribution is 2.41.